The van der Waals surface area contributed by atoms with Crippen LogP contribution in [-0.2, 0) is 5.41 Å². The number of furan rings is 1. The molecule has 0 radical (unpaired) electrons. The topological polar surface area (TPSA) is 56.7 Å². The summed E-state index contributed by atoms with van der Waals surface area (Å²) in [7, 11) is 0. The van der Waals surface area contributed by atoms with Crippen LogP contribution in [0.25, 0.3) is 94.4 Å². The van der Waals surface area contributed by atoms with E-state index in [9.17, 15) is 0 Å². The zero-order valence-electron chi connectivity index (χ0n) is 28.1. The highest BCUT2D eigenvalue weighted by molar-refractivity contribution is 6.13. The highest BCUT2D eigenvalue weighted by Gasteiger charge is 2.38. The third-order valence-electron chi connectivity index (χ3n) is 10.8. The Morgan fingerprint density at radius 2 is 1.24 bits per heavy atom. The van der Waals surface area contributed by atoms with Crippen LogP contribution in [0.3, 0.4) is 0 Å². The first-order valence-corrected chi connectivity index (χ1v) is 17.4. The fraction of sp³-hybridized carbons (Fsp3) is 0.0652. The Morgan fingerprint density at radius 1 is 0.510 bits per heavy atom. The Labute approximate surface area is 293 Å². The van der Waals surface area contributed by atoms with Crippen molar-refractivity contribution in [2.24, 2.45) is 0 Å². The van der Waals surface area contributed by atoms with Gasteiger partial charge in [-0.2, -0.15) is 9.97 Å². The first kappa shape index (κ1) is 28.3. The molecule has 11 rings (SSSR count). The highest BCUT2D eigenvalue weighted by Crippen LogP contribution is 2.53. The van der Waals surface area contributed by atoms with Crippen LogP contribution in [0.5, 0.6) is 0 Å². The fourth-order valence-corrected chi connectivity index (χ4v) is 8.54. The lowest BCUT2D eigenvalue weighted by molar-refractivity contribution is 0.666. The minimum Gasteiger partial charge on any atom is -0.456 e. The van der Waals surface area contributed by atoms with E-state index >= 15 is 0 Å². The van der Waals surface area contributed by atoms with Crippen molar-refractivity contribution < 1.29 is 4.42 Å². The van der Waals surface area contributed by atoms with Gasteiger partial charge in [0.05, 0.1) is 11.0 Å². The minimum atomic E-state index is -0.210. The number of rotatable bonds is 3. The van der Waals surface area contributed by atoms with Crippen molar-refractivity contribution in [2.75, 3.05) is 0 Å². The van der Waals surface area contributed by atoms with Gasteiger partial charge in [0.15, 0.2) is 11.6 Å². The van der Waals surface area contributed by atoms with Crippen molar-refractivity contribution in [1.82, 2.24) is 19.5 Å². The molecule has 0 spiro atoms. The zero-order valence-corrected chi connectivity index (χ0v) is 28.1. The molecular weight excluding hydrogens is 625 g/mol. The van der Waals surface area contributed by atoms with Crippen LogP contribution in [0.4, 0.5) is 0 Å². The summed E-state index contributed by atoms with van der Waals surface area (Å²) in [5.74, 6) is 1.79. The standard InChI is InChI=1S/C46H30N4O/c1-46(2)36-26-38-35(25-34(36)31-24-23-27-13-6-7-16-29(27)42(31)46)30-17-8-10-20-37(30)50(38)45-48-43(28-14-4-3-5-15-28)47-44(49-45)33-19-12-22-40-41(33)32-18-9-11-21-39(32)51-40/h3-26H,1-2H3. The van der Waals surface area contributed by atoms with Gasteiger partial charge in [0, 0.05) is 38.1 Å². The van der Waals surface area contributed by atoms with Crippen LogP contribution in [0.15, 0.2) is 150 Å². The second kappa shape index (κ2) is 10.2. The molecular formula is C46H30N4O. The van der Waals surface area contributed by atoms with E-state index in [4.69, 9.17) is 19.4 Å². The van der Waals surface area contributed by atoms with E-state index in [2.05, 4.69) is 115 Å². The zero-order chi connectivity index (χ0) is 33.8. The van der Waals surface area contributed by atoms with E-state index in [-0.39, 0.29) is 5.41 Å². The van der Waals surface area contributed by atoms with Gasteiger partial charge in [-0.15, -0.1) is 0 Å². The fourth-order valence-electron chi connectivity index (χ4n) is 8.54. The first-order chi connectivity index (χ1) is 25.0. The van der Waals surface area contributed by atoms with E-state index in [1.807, 2.05) is 48.5 Å². The normalized spacial score (nSPS) is 13.5. The van der Waals surface area contributed by atoms with Crippen molar-refractivity contribution in [1.29, 1.82) is 0 Å². The maximum absolute atomic E-state index is 6.29. The van der Waals surface area contributed by atoms with Gasteiger partial charge in [-0.05, 0) is 63.4 Å². The maximum atomic E-state index is 6.29. The molecule has 0 saturated heterocycles. The third kappa shape index (κ3) is 3.94. The number of nitrogens with zero attached hydrogens (tertiary/aromatic N) is 4. The molecule has 1 aliphatic rings. The van der Waals surface area contributed by atoms with Crippen LogP contribution in [0, 0.1) is 0 Å². The molecule has 3 aromatic heterocycles. The second-order valence-corrected chi connectivity index (χ2v) is 14.0. The number of fused-ring (bicyclic) bond motifs is 11. The molecule has 5 nitrogen and oxygen atoms in total. The van der Waals surface area contributed by atoms with Gasteiger partial charge < -0.3 is 4.42 Å². The van der Waals surface area contributed by atoms with Crippen LogP contribution in [0.1, 0.15) is 25.0 Å². The average Bonchev–Trinajstić information content (AvgIpc) is 3.79. The van der Waals surface area contributed by atoms with Gasteiger partial charge in [0.1, 0.15) is 11.2 Å². The van der Waals surface area contributed by atoms with E-state index in [1.54, 1.807) is 0 Å². The van der Waals surface area contributed by atoms with E-state index < -0.39 is 0 Å². The highest BCUT2D eigenvalue weighted by atomic mass is 16.3. The van der Waals surface area contributed by atoms with Crippen LogP contribution in [0.2, 0.25) is 0 Å². The van der Waals surface area contributed by atoms with Gasteiger partial charge in [0.2, 0.25) is 5.95 Å². The lowest BCUT2D eigenvalue weighted by atomic mass is 9.80. The largest absolute Gasteiger partial charge is 0.456 e. The summed E-state index contributed by atoms with van der Waals surface area (Å²) in [6.45, 7) is 4.71. The molecule has 0 aliphatic heterocycles. The quantitative estimate of drug-likeness (QED) is 0.190. The second-order valence-electron chi connectivity index (χ2n) is 14.0. The van der Waals surface area contributed by atoms with Crippen molar-refractivity contribution in [3.63, 3.8) is 0 Å². The Bertz CT molecular complexity index is 3060. The van der Waals surface area contributed by atoms with Crippen molar-refractivity contribution in [3.8, 4) is 39.9 Å². The van der Waals surface area contributed by atoms with Gasteiger partial charge >= 0.3 is 0 Å². The molecule has 0 fully saturated rings. The summed E-state index contributed by atoms with van der Waals surface area (Å²) < 4.78 is 8.52. The molecule has 0 N–H and O–H groups in total. The Balaban J connectivity index is 1.22. The van der Waals surface area contributed by atoms with Crippen molar-refractivity contribution in [3.05, 3.63) is 157 Å². The Morgan fingerprint density at radius 3 is 2.12 bits per heavy atom. The summed E-state index contributed by atoms with van der Waals surface area (Å²) >= 11 is 0. The molecule has 0 saturated carbocycles. The van der Waals surface area contributed by atoms with Gasteiger partial charge in [-0.3, -0.25) is 4.57 Å². The summed E-state index contributed by atoms with van der Waals surface area (Å²) in [5.41, 5.74) is 10.7. The van der Waals surface area contributed by atoms with E-state index in [0.717, 1.165) is 49.5 Å². The van der Waals surface area contributed by atoms with Crippen molar-refractivity contribution in [2.45, 2.75) is 19.3 Å². The smallest absolute Gasteiger partial charge is 0.238 e. The summed E-state index contributed by atoms with van der Waals surface area (Å²) in [5, 5.41) is 6.94. The van der Waals surface area contributed by atoms with Gasteiger partial charge in [-0.1, -0.05) is 129 Å². The molecule has 240 valence electrons. The summed E-state index contributed by atoms with van der Waals surface area (Å²) in [4.78, 5) is 15.7. The number of para-hydroxylation sites is 2. The first-order valence-electron chi connectivity index (χ1n) is 17.4. The maximum Gasteiger partial charge on any atom is 0.238 e. The van der Waals surface area contributed by atoms with Gasteiger partial charge in [-0.25, -0.2) is 4.98 Å². The lowest BCUT2D eigenvalue weighted by Crippen LogP contribution is -2.15. The summed E-state index contributed by atoms with van der Waals surface area (Å²) in [6.07, 6.45) is 0. The Kier molecular flexibility index (Phi) is 5.66. The van der Waals surface area contributed by atoms with Crippen LogP contribution >= 0.6 is 0 Å². The van der Waals surface area contributed by atoms with E-state index in [0.29, 0.717) is 17.6 Å². The Hall–Kier alpha value is -6.59. The SMILES string of the molecule is CC1(C)c2cc3c(cc2-c2ccc4ccccc4c21)c1ccccc1n3-c1nc(-c2ccccc2)nc(-c2cccc3oc4ccccc4c23)n1. The van der Waals surface area contributed by atoms with Crippen molar-refractivity contribution >= 4 is 54.5 Å². The molecule has 51 heavy (non-hydrogen) atoms. The monoisotopic (exact) mass is 654 g/mol. The molecule has 1 aliphatic carbocycles. The molecule has 0 bridgehead atoms. The van der Waals surface area contributed by atoms with Crippen LogP contribution in [-0.4, -0.2) is 19.5 Å². The predicted molar refractivity (Wildman–Crippen MR) is 207 cm³/mol. The van der Waals surface area contributed by atoms with Gasteiger partial charge in [0.25, 0.3) is 0 Å². The number of hydrogen-bond donors (Lipinski definition) is 0. The number of hydrogen-bond acceptors (Lipinski definition) is 4. The number of aromatic nitrogens is 4. The number of benzene rings is 7. The predicted octanol–water partition coefficient (Wildman–Crippen LogP) is 11.7. The minimum absolute atomic E-state index is 0.210. The molecule has 3 heterocycles. The molecule has 0 atom stereocenters. The molecule has 10 aromatic rings. The molecule has 7 aromatic carbocycles. The van der Waals surface area contributed by atoms with E-state index in [1.165, 1.54) is 38.4 Å². The van der Waals surface area contributed by atoms with Crippen LogP contribution < -0.4 is 0 Å². The summed E-state index contributed by atoms with van der Waals surface area (Å²) in [6, 6.07) is 51.1. The molecule has 5 heteroatoms. The average molecular weight is 655 g/mol. The molecule has 0 unspecified atom stereocenters. The third-order valence-corrected chi connectivity index (χ3v) is 10.8. The molecule has 0 amide bonds. The lowest BCUT2D eigenvalue weighted by Gasteiger charge is -2.23.